The summed E-state index contributed by atoms with van der Waals surface area (Å²) in [5.74, 6) is 1.15. The van der Waals surface area contributed by atoms with Gasteiger partial charge in [-0.25, -0.2) is 4.98 Å². The standard InChI is InChI=1S/C11H15N.C10H12N2/c1-8(2)10-6-9-4-3-5-11(9)12-7-10;1-8(2)9-4-3-6-12-7-5-11-10(9)12/h6-8H,3-5H2,1-2H3;3-8H,1-2H3. The zero-order valence-corrected chi connectivity index (χ0v) is 15.2. The molecule has 3 heteroatoms. The summed E-state index contributed by atoms with van der Waals surface area (Å²) in [4.78, 5) is 8.78. The number of rotatable bonds is 2. The summed E-state index contributed by atoms with van der Waals surface area (Å²) in [7, 11) is 0. The number of pyridine rings is 2. The van der Waals surface area contributed by atoms with Crippen molar-refractivity contribution in [3.8, 4) is 0 Å². The number of fused-ring (bicyclic) bond motifs is 2. The Kier molecular flexibility index (Phi) is 4.98. The molecule has 0 aromatic carbocycles. The minimum absolute atomic E-state index is 0.538. The van der Waals surface area contributed by atoms with Crippen LogP contribution in [0.1, 0.15) is 68.3 Å². The van der Waals surface area contributed by atoms with E-state index in [9.17, 15) is 0 Å². The van der Waals surface area contributed by atoms with Gasteiger partial charge in [0.15, 0.2) is 0 Å². The number of nitrogens with zero attached hydrogens (tertiary/aromatic N) is 3. The Labute approximate surface area is 144 Å². The fraction of sp³-hybridized carbons (Fsp3) is 0.429. The molecule has 0 atom stereocenters. The number of aryl methyl sites for hydroxylation is 2. The SMILES string of the molecule is CC(C)c1cccn2ccnc12.CC(C)c1cnc2c(c1)CCC2. The summed E-state index contributed by atoms with van der Waals surface area (Å²) >= 11 is 0. The normalized spacial score (nSPS) is 13.2. The van der Waals surface area contributed by atoms with Crippen LogP contribution < -0.4 is 0 Å². The minimum Gasteiger partial charge on any atom is -0.307 e. The van der Waals surface area contributed by atoms with Crippen molar-refractivity contribution in [1.82, 2.24) is 14.4 Å². The van der Waals surface area contributed by atoms with Crippen LogP contribution in [-0.2, 0) is 12.8 Å². The van der Waals surface area contributed by atoms with Gasteiger partial charge in [0, 0.05) is 30.5 Å². The summed E-state index contributed by atoms with van der Waals surface area (Å²) < 4.78 is 2.05. The molecule has 0 radical (unpaired) electrons. The highest BCUT2D eigenvalue weighted by molar-refractivity contribution is 5.49. The Morgan fingerprint density at radius 1 is 1.00 bits per heavy atom. The first-order chi connectivity index (χ1) is 11.6. The molecule has 126 valence electrons. The first-order valence-electron chi connectivity index (χ1n) is 8.95. The summed E-state index contributed by atoms with van der Waals surface area (Å²) in [5.41, 5.74) is 6.59. The van der Waals surface area contributed by atoms with Gasteiger partial charge in [0.25, 0.3) is 0 Å². The van der Waals surface area contributed by atoms with Crippen molar-refractivity contribution in [2.75, 3.05) is 0 Å². The molecule has 0 spiro atoms. The lowest BCUT2D eigenvalue weighted by atomic mass is 10.0. The Balaban J connectivity index is 0.000000141. The van der Waals surface area contributed by atoms with E-state index in [0.29, 0.717) is 11.8 Å². The Morgan fingerprint density at radius 2 is 1.83 bits per heavy atom. The molecule has 3 aromatic heterocycles. The van der Waals surface area contributed by atoms with Gasteiger partial charge >= 0.3 is 0 Å². The highest BCUT2D eigenvalue weighted by atomic mass is 15.0. The summed E-state index contributed by atoms with van der Waals surface area (Å²) in [6.45, 7) is 8.81. The van der Waals surface area contributed by atoms with Crippen LogP contribution in [0.15, 0.2) is 43.0 Å². The van der Waals surface area contributed by atoms with Gasteiger partial charge in [-0.1, -0.05) is 39.8 Å². The Bertz CT molecular complexity index is 815. The molecule has 0 aliphatic heterocycles. The average molecular weight is 321 g/mol. The van der Waals surface area contributed by atoms with Crippen LogP contribution in [0.4, 0.5) is 0 Å². The molecule has 3 nitrogen and oxygen atoms in total. The fourth-order valence-corrected chi connectivity index (χ4v) is 3.18. The predicted octanol–water partition coefficient (Wildman–Crippen LogP) is 5.15. The lowest BCUT2D eigenvalue weighted by Crippen LogP contribution is -1.93. The first-order valence-corrected chi connectivity index (χ1v) is 8.95. The minimum atomic E-state index is 0.538. The number of hydrogen-bond acceptors (Lipinski definition) is 2. The predicted molar refractivity (Wildman–Crippen MR) is 99.6 cm³/mol. The van der Waals surface area contributed by atoms with Crippen LogP contribution in [0.3, 0.4) is 0 Å². The third-order valence-electron chi connectivity index (χ3n) is 4.68. The second-order valence-corrected chi connectivity index (χ2v) is 7.16. The topological polar surface area (TPSA) is 30.2 Å². The summed E-state index contributed by atoms with van der Waals surface area (Å²) in [5, 5.41) is 0. The third-order valence-corrected chi connectivity index (χ3v) is 4.68. The maximum Gasteiger partial charge on any atom is 0.140 e. The van der Waals surface area contributed by atoms with Crippen molar-refractivity contribution in [3.05, 3.63) is 65.4 Å². The fourth-order valence-electron chi connectivity index (χ4n) is 3.18. The molecule has 0 fully saturated rings. The van der Waals surface area contributed by atoms with Crippen molar-refractivity contribution in [1.29, 1.82) is 0 Å². The lowest BCUT2D eigenvalue weighted by molar-refractivity contribution is 0.852. The zero-order valence-electron chi connectivity index (χ0n) is 15.2. The number of aromatic nitrogens is 3. The highest BCUT2D eigenvalue weighted by Gasteiger charge is 2.12. The van der Waals surface area contributed by atoms with Gasteiger partial charge in [-0.05, 0) is 53.9 Å². The van der Waals surface area contributed by atoms with Gasteiger partial charge in [-0.3, -0.25) is 4.98 Å². The summed E-state index contributed by atoms with van der Waals surface area (Å²) in [6.07, 6.45) is 11.6. The van der Waals surface area contributed by atoms with E-state index in [-0.39, 0.29) is 0 Å². The van der Waals surface area contributed by atoms with Crippen LogP contribution in [0.2, 0.25) is 0 Å². The molecular weight excluding hydrogens is 294 g/mol. The molecule has 3 aromatic rings. The van der Waals surface area contributed by atoms with Crippen molar-refractivity contribution in [2.45, 2.75) is 58.8 Å². The van der Waals surface area contributed by atoms with Crippen LogP contribution in [0.25, 0.3) is 5.65 Å². The van der Waals surface area contributed by atoms with E-state index >= 15 is 0 Å². The van der Waals surface area contributed by atoms with Gasteiger partial charge in [0.1, 0.15) is 5.65 Å². The van der Waals surface area contributed by atoms with Crippen molar-refractivity contribution >= 4 is 5.65 Å². The van der Waals surface area contributed by atoms with E-state index in [2.05, 4.69) is 60.3 Å². The van der Waals surface area contributed by atoms with Crippen molar-refractivity contribution < 1.29 is 0 Å². The van der Waals surface area contributed by atoms with Crippen LogP contribution >= 0.6 is 0 Å². The van der Waals surface area contributed by atoms with E-state index in [4.69, 9.17) is 0 Å². The Hall–Kier alpha value is -2.16. The second kappa shape index (κ2) is 7.16. The van der Waals surface area contributed by atoms with Gasteiger partial charge in [-0.15, -0.1) is 0 Å². The maximum atomic E-state index is 4.48. The van der Waals surface area contributed by atoms with E-state index in [1.54, 1.807) is 0 Å². The molecule has 0 bridgehead atoms. The van der Waals surface area contributed by atoms with E-state index in [0.717, 1.165) is 5.65 Å². The molecule has 1 aliphatic carbocycles. The number of hydrogen-bond donors (Lipinski definition) is 0. The molecule has 0 amide bonds. The van der Waals surface area contributed by atoms with Crippen molar-refractivity contribution in [3.63, 3.8) is 0 Å². The zero-order chi connectivity index (χ0) is 17.1. The van der Waals surface area contributed by atoms with Crippen molar-refractivity contribution in [2.24, 2.45) is 0 Å². The highest BCUT2D eigenvalue weighted by Crippen LogP contribution is 2.23. The molecule has 0 saturated heterocycles. The smallest absolute Gasteiger partial charge is 0.140 e. The van der Waals surface area contributed by atoms with Gasteiger partial charge in [-0.2, -0.15) is 0 Å². The van der Waals surface area contributed by atoms with Gasteiger partial charge < -0.3 is 4.40 Å². The van der Waals surface area contributed by atoms with Crippen LogP contribution in [0.5, 0.6) is 0 Å². The van der Waals surface area contributed by atoms with Crippen LogP contribution in [0, 0.1) is 0 Å². The van der Waals surface area contributed by atoms with Gasteiger partial charge in [0.2, 0.25) is 0 Å². The Morgan fingerprint density at radius 3 is 2.58 bits per heavy atom. The maximum absolute atomic E-state index is 4.48. The summed E-state index contributed by atoms with van der Waals surface area (Å²) in [6, 6.07) is 6.52. The van der Waals surface area contributed by atoms with Crippen LogP contribution in [-0.4, -0.2) is 14.4 Å². The van der Waals surface area contributed by atoms with Gasteiger partial charge in [0.05, 0.1) is 0 Å². The van der Waals surface area contributed by atoms with E-state index in [1.807, 2.05) is 24.8 Å². The molecule has 0 saturated carbocycles. The quantitative estimate of drug-likeness (QED) is 0.653. The largest absolute Gasteiger partial charge is 0.307 e. The lowest BCUT2D eigenvalue weighted by Gasteiger charge is -2.06. The first kappa shape index (κ1) is 16.7. The number of imidazole rings is 1. The third kappa shape index (κ3) is 3.50. The average Bonchev–Trinajstić information content (AvgIpc) is 3.22. The molecule has 1 aliphatic rings. The molecular formula is C21H27N3. The molecule has 3 heterocycles. The molecule has 0 unspecified atom stereocenters. The molecule has 24 heavy (non-hydrogen) atoms. The molecule has 4 rings (SSSR count). The second-order valence-electron chi connectivity index (χ2n) is 7.16. The van der Waals surface area contributed by atoms with E-state index < -0.39 is 0 Å². The van der Waals surface area contributed by atoms with E-state index in [1.165, 1.54) is 41.6 Å². The monoisotopic (exact) mass is 321 g/mol. The molecule has 0 N–H and O–H groups in total.